The van der Waals surface area contributed by atoms with Crippen LogP contribution in [0, 0.1) is 6.92 Å². The Morgan fingerprint density at radius 1 is 0.931 bits per heavy atom. The molecule has 2 aromatic carbocycles. The Morgan fingerprint density at radius 3 is 2.38 bits per heavy atom. The van der Waals surface area contributed by atoms with Crippen LogP contribution in [-0.2, 0) is 9.59 Å². The zero-order valence-corrected chi connectivity index (χ0v) is 17.3. The maximum Gasteiger partial charge on any atom is 0.253 e. The van der Waals surface area contributed by atoms with E-state index in [0.717, 1.165) is 11.3 Å². The van der Waals surface area contributed by atoms with Crippen LogP contribution in [0.1, 0.15) is 15.9 Å². The fourth-order valence-electron chi connectivity index (χ4n) is 2.30. The summed E-state index contributed by atoms with van der Waals surface area (Å²) in [5.74, 6) is -0.656. The summed E-state index contributed by atoms with van der Waals surface area (Å²) in [5.41, 5.74) is 1.29. The molecule has 0 heterocycles. The maximum atomic E-state index is 12.0. The molecule has 0 fully saturated rings. The van der Waals surface area contributed by atoms with Crippen molar-refractivity contribution >= 4 is 40.9 Å². The zero-order valence-electron chi connectivity index (χ0n) is 15.8. The number of nitrogens with one attached hydrogen (secondary N) is 3. The smallest absolute Gasteiger partial charge is 0.253 e. The number of benzene rings is 2. The van der Waals surface area contributed by atoms with Crippen molar-refractivity contribution < 1.29 is 19.1 Å². The van der Waals surface area contributed by atoms with E-state index in [0.29, 0.717) is 18.2 Å². The molecule has 0 saturated carbocycles. The molecule has 0 unspecified atom stereocenters. The van der Waals surface area contributed by atoms with Crippen LogP contribution in [0.5, 0.6) is 5.75 Å². The van der Waals surface area contributed by atoms with Crippen LogP contribution >= 0.6 is 23.2 Å². The third-order valence-corrected chi connectivity index (χ3v) is 4.26. The van der Waals surface area contributed by atoms with E-state index >= 15 is 0 Å². The number of hydrogen-bond donors (Lipinski definition) is 3. The Kier molecular flexibility index (Phi) is 8.76. The summed E-state index contributed by atoms with van der Waals surface area (Å²) in [6.07, 6.45) is 0. The summed E-state index contributed by atoms with van der Waals surface area (Å²) in [4.78, 5) is 35.6. The van der Waals surface area contributed by atoms with Crippen molar-refractivity contribution in [1.82, 2.24) is 16.0 Å². The molecule has 2 rings (SSSR count). The highest BCUT2D eigenvalue weighted by Crippen LogP contribution is 2.20. The van der Waals surface area contributed by atoms with Gasteiger partial charge < -0.3 is 20.7 Å². The molecule has 3 N–H and O–H groups in total. The van der Waals surface area contributed by atoms with Gasteiger partial charge in [0.2, 0.25) is 11.8 Å². The van der Waals surface area contributed by atoms with Gasteiger partial charge in [0, 0.05) is 5.02 Å². The first-order chi connectivity index (χ1) is 13.8. The van der Waals surface area contributed by atoms with Gasteiger partial charge in [-0.1, -0.05) is 35.3 Å². The van der Waals surface area contributed by atoms with Gasteiger partial charge in [-0.25, -0.2) is 0 Å². The predicted molar refractivity (Wildman–Crippen MR) is 111 cm³/mol. The Morgan fingerprint density at radius 2 is 1.66 bits per heavy atom. The minimum Gasteiger partial charge on any atom is -0.492 e. The number of ether oxygens (including phenoxy) is 1. The summed E-state index contributed by atoms with van der Waals surface area (Å²) < 4.78 is 5.52. The van der Waals surface area contributed by atoms with Crippen LogP contribution in [0.2, 0.25) is 10.0 Å². The Hall–Kier alpha value is -2.77. The minimum absolute atomic E-state index is 0.183. The molecule has 0 aliphatic heterocycles. The van der Waals surface area contributed by atoms with E-state index in [1.165, 1.54) is 18.2 Å². The van der Waals surface area contributed by atoms with E-state index in [9.17, 15) is 14.4 Å². The van der Waals surface area contributed by atoms with E-state index in [1.54, 1.807) is 0 Å². The first-order valence-corrected chi connectivity index (χ1v) is 9.57. The van der Waals surface area contributed by atoms with Crippen LogP contribution in [0.3, 0.4) is 0 Å². The van der Waals surface area contributed by atoms with Crippen LogP contribution in [0.25, 0.3) is 0 Å². The normalized spacial score (nSPS) is 10.2. The highest BCUT2D eigenvalue weighted by atomic mass is 35.5. The number of amides is 3. The lowest BCUT2D eigenvalue weighted by atomic mass is 10.2. The van der Waals surface area contributed by atoms with E-state index in [4.69, 9.17) is 27.9 Å². The fourth-order valence-corrected chi connectivity index (χ4v) is 2.79. The molecule has 3 amide bonds. The van der Waals surface area contributed by atoms with Crippen LogP contribution in [0.4, 0.5) is 0 Å². The lowest BCUT2D eigenvalue weighted by Gasteiger charge is -2.10. The monoisotopic (exact) mass is 437 g/mol. The standard InChI is InChI=1S/C20H21Cl2N3O4/c1-13-3-2-4-15(9-13)29-8-7-23-18(26)11-24-19(27)12-25-20(28)16-6-5-14(21)10-17(16)22/h2-6,9-10H,7-8,11-12H2,1H3,(H,23,26)(H,24,27)(H,25,28). The zero-order chi connectivity index (χ0) is 21.2. The summed E-state index contributed by atoms with van der Waals surface area (Å²) >= 11 is 11.7. The lowest BCUT2D eigenvalue weighted by molar-refractivity contribution is -0.125. The quantitative estimate of drug-likeness (QED) is 0.524. The van der Waals surface area contributed by atoms with Gasteiger partial charge in [-0.15, -0.1) is 0 Å². The SMILES string of the molecule is Cc1cccc(OCCNC(=O)CNC(=O)CNC(=O)c2ccc(Cl)cc2Cl)c1. The molecule has 29 heavy (non-hydrogen) atoms. The second-order valence-electron chi connectivity index (χ2n) is 6.10. The minimum atomic E-state index is -0.514. The molecule has 0 aromatic heterocycles. The molecule has 0 saturated heterocycles. The van der Waals surface area contributed by atoms with Crippen LogP contribution < -0.4 is 20.7 Å². The van der Waals surface area contributed by atoms with Gasteiger partial charge >= 0.3 is 0 Å². The molecule has 154 valence electrons. The van der Waals surface area contributed by atoms with Gasteiger partial charge in [-0.05, 0) is 42.8 Å². The molecule has 0 spiro atoms. The molecule has 0 bridgehead atoms. The third kappa shape index (κ3) is 8.01. The fraction of sp³-hybridized carbons (Fsp3) is 0.250. The molecule has 7 nitrogen and oxygen atoms in total. The largest absolute Gasteiger partial charge is 0.492 e. The first-order valence-electron chi connectivity index (χ1n) is 8.81. The number of hydrogen-bond acceptors (Lipinski definition) is 4. The van der Waals surface area contributed by atoms with Crippen molar-refractivity contribution in [2.24, 2.45) is 0 Å². The van der Waals surface area contributed by atoms with Gasteiger partial charge in [0.25, 0.3) is 5.91 Å². The predicted octanol–water partition coefficient (Wildman–Crippen LogP) is 2.34. The van der Waals surface area contributed by atoms with Gasteiger partial charge in [0.05, 0.1) is 30.2 Å². The van der Waals surface area contributed by atoms with Crippen molar-refractivity contribution in [3.63, 3.8) is 0 Å². The third-order valence-electron chi connectivity index (χ3n) is 3.71. The molecule has 0 aliphatic carbocycles. The molecule has 0 atom stereocenters. The van der Waals surface area contributed by atoms with E-state index in [1.807, 2.05) is 31.2 Å². The summed E-state index contributed by atoms with van der Waals surface area (Å²) in [5, 5.41) is 8.06. The van der Waals surface area contributed by atoms with Gasteiger partial charge in [0.1, 0.15) is 12.4 Å². The van der Waals surface area contributed by atoms with Crippen LogP contribution in [-0.4, -0.2) is 44.0 Å². The maximum absolute atomic E-state index is 12.0. The summed E-state index contributed by atoms with van der Waals surface area (Å²) in [6.45, 7) is 2.07. The average Bonchev–Trinajstić information content (AvgIpc) is 2.68. The van der Waals surface area contributed by atoms with Crippen molar-refractivity contribution in [3.05, 3.63) is 63.6 Å². The van der Waals surface area contributed by atoms with Crippen molar-refractivity contribution in [2.75, 3.05) is 26.2 Å². The molecule has 0 aliphatic rings. The van der Waals surface area contributed by atoms with Crippen molar-refractivity contribution in [1.29, 1.82) is 0 Å². The molecule has 9 heteroatoms. The summed E-state index contributed by atoms with van der Waals surface area (Å²) in [7, 11) is 0. The second kappa shape index (κ2) is 11.3. The molecular weight excluding hydrogens is 417 g/mol. The second-order valence-corrected chi connectivity index (χ2v) is 6.94. The number of halogens is 2. The average molecular weight is 438 g/mol. The number of carbonyl (C=O) groups excluding carboxylic acids is 3. The lowest BCUT2D eigenvalue weighted by Crippen LogP contribution is -2.42. The molecular formula is C20H21Cl2N3O4. The Bertz CT molecular complexity index is 890. The summed E-state index contributed by atoms with van der Waals surface area (Å²) in [6, 6.07) is 12.0. The highest BCUT2D eigenvalue weighted by molar-refractivity contribution is 6.36. The van der Waals surface area contributed by atoms with Gasteiger partial charge in [-0.2, -0.15) is 0 Å². The van der Waals surface area contributed by atoms with Gasteiger partial charge in [0.15, 0.2) is 0 Å². The van der Waals surface area contributed by atoms with E-state index in [2.05, 4.69) is 16.0 Å². The topological polar surface area (TPSA) is 96.5 Å². The molecule has 0 radical (unpaired) electrons. The molecule has 2 aromatic rings. The van der Waals surface area contributed by atoms with E-state index in [-0.39, 0.29) is 29.6 Å². The first kappa shape index (κ1) is 22.5. The number of aryl methyl sites for hydroxylation is 1. The van der Waals surface area contributed by atoms with Crippen molar-refractivity contribution in [3.8, 4) is 5.75 Å². The Balaban J connectivity index is 1.61. The number of carbonyl (C=O) groups is 3. The number of rotatable bonds is 9. The van der Waals surface area contributed by atoms with Crippen molar-refractivity contribution in [2.45, 2.75) is 6.92 Å². The van der Waals surface area contributed by atoms with Gasteiger partial charge in [-0.3, -0.25) is 14.4 Å². The highest BCUT2D eigenvalue weighted by Gasteiger charge is 2.12. The van der Waals surface area contributed by atoms with E-state index < -0.39 is 11.8 Å². The Labute approximate surface area is 178 Å². The van der Waals surface area contributed by atoms with Crippen LogP contribution in [0.15, 0.2) is 42.5 Å².